The van der Waals surface area contributed by atoms with Crippen LogP contribution >= 0.6 is 0 Å². The number of anilines is 1. The van der Waals surface area contributed by atoms with Crippen LogP contribution < -0.4 is 10.6 Å². The van der Waals surface area contributed by atoms with Crippen molar-refractivity contribution in [3.05, 3.63) is 53.1 Å². The van der Waals surface area contributed by atoms with E-state index >= 15 is 0 Å². The Balaban J connectivity index is 1.70. The summed E-state index contributed by atoms with van der Waals surface area (Å²) in [5.74, 6) is 0.203. The van der Waals surface area contributed by atoms with Gasteiger partial charge in [-0.15, -0.1) is 0 Å². The molecule has 3 rings (SSSR count). The lowest BCUT2D eigenvalue weighted by atomic mass is 10.1. The number of rotatable bonds is 7. The Bertz CT molecular complexity index is 1010. The first-order valence-electron chi connectivity index (χ1n) is 9.34. The number of fused-ring (bicyclic) bond motifs is 1. The van der Waals surface area contributed by atoms with Crippen molar-refractivity contribution in [1.29, 1.82) is 0 Å². The normalized spacial score (nSPS) is 10.8. The van der Waals surface area contributed by atoms with Gasteiger partial charge in [0.1, 0.15) is 6.33 Å². The van der Waals surface area contributed by atoms with Crippen LogP contribution in [0.25, 0.3) is 5.78 Å². The molecule has 28 heavy (non-hydrogen) atoms. The van der Waals surface area contributed by atoms with Gasteiger partial charge >= 0.3 is 0 Å². The molecule has 0 spiro atoms. The van der Waals surface area contributed by atoms with E-state index in [-0.39, 0.29) is 18.2 Å². The zero-order valence-corrected chi connectivity index (χ0v) is 16.3. The van der Waals surface area contributed by atoms with Crippen molar-refractivity contribution in [3.63, 3.8) is 0 Å². The Morgan fingerprint density at radius 3 is 2.75 bits per heavy atom. The standard InChI is InChI=1S/C20H24N6O2/c1-4-11-21-19(28)16-7-5-6-8-17(16)25-18(27)10-9-15-13(2)24-20-22-12-23-26(20)14(15)3/h5-8,12H,4,9-11H2,1-3H3,(H,21,28)(H,25,27). The summed E-state index contributed by atoms with van der Waals surface area (Å²) in [7, 11) is 0. The highest BCUT2D eigenvalue weighted by atomic mass is 16.2. The van der Waals surface area contributed by atoms with Gasteiger partial charge < -0.3 is 10.6 Å². The molecule has 0 saturated heterocycles. The van der Waals surface area contributed by atoms with Gasteiger partial charge in [0.05, 0.1) is 11.3 Å². The smallest absolute Gasteiger partial charge is 0.253 e. The Kier molecular flexibility index (Phi) is 5.98. The Labute approximate surface area is 163 Å². The summed E-state index contributed by atoms with van der Waals surface area (Å²) in [6, 6.07) is 7.01. The summed E-state index contributed by atoms with van der Waals surface area (Å²) in [5, 5.41) is 9.86. The van der Waals surface area contributed by atoms with Crippen molar-refractivity contribution in [2.75, 3.05) is 11.9 Å². The van der Waals surface area contributed by atoms with Crippen molar-refractivity contribution in [2.24, 2.45) is 0 Å². The lowest BCUT2D eigenvalue weighted by Gasteiger charge is -2.12. The van der Waals surface area contributed by atoms with Gasteiger partial charge in [-0.05, 0) is 44.4 Å². The van der Waals surface area contributed by atoms with Crippen LogP contribution in [0.1, 0.15) is 47.1 Å². The fourth-order valence-corrected chi connectivity index (χ4v) is 3.09. The Morgan fingerprint density at radius 2 is 1.96 bits per heavy atom. The first kappa shape index (κ1) is 19.5. The minimum Gasteiger partial charge on any atom is -0.352 e. The number of carbonyl (C=O) groups is 2. The molecule has 146 valence electrons. The van der Waals surface area contributed by atoms with Gasteiger partial charge in [0.15, 0.2) is 0 Å². The Morgan fingerprint density at radius 1 is 1.18 bits per heavy atom. The minimum absolute atomic E-state index is 0.159. The number of amides is 2. The second-order valence-electron chi connectivity index (χ2n) is 6.58. The summed E-state index contributed by atoms with van der Waals surface area (Å²) >= 11 is 0. The third-order valence-corrected chi connectivity index (χ3v) is 4.57. The average molecular weight is 380 g/mol. The lowest BCUT2D eigenvalue weighted by molar-refractivity contribution is -0.116. The number of aryl methyl sites for hydroxylation is 2. The third-order valence-electron chi connectivity index (χ3n) is 4.57. The van der Waals surface area contributed by atoms with E-state index in [0.717, 1.165) is 23.4 Å². The van der Waals surface area contributed by atoms with E-state index in [0.29, 0.717) is 30.0 Å². The number of carbonyl (C=O) groups excluding carboxylic acids is 2. The van der Waals surface area contributed by atoms with Crippen molar-refractivity contribution < 1.29 is 9.59 Å². The molecule has 0 fully saturated rings. The van der Waals surface area contributed by atoms with Crippen molar-refractivity contribution in [3.8, 4) is 0 Å². The van der Waals surface area contributed by atoms with E-state index in [1.54, 1.807) is 28.8 Å². The molecule has 0 saturated carbocycles. The maximum atomic E-state index is 12.5. The highest BCUT2D eigenvalue weighted by Gasteiger charge is 2.15. The van der Waals surface area contributed by atoms with E-state index in [2.05, 4.69) is 25.7 Å². The Hall–Kier alpha value is -3.29. The molecular formula is C20H24N6O2. The van der Waals surface area contributed by atoms with Crippen molar-refractivity contribution >= 4 is 23.3 Å². The van der Waals surface area contributed by atoms with E-state index in [1.165, 1.54) is 6.33 Å². The molecule has 0 aliphatic carbocycles. The molecule has 8 heteroatoms. The van der Waals surface area contributed by atoms with Crippen LogP contribution in [0.2, 0.25) is 0 Å². The van der Waals surface area contributed by atoms with Gasteiger partial charge in [0.2, 0.25) is 5.91 Å². The average Bonchev–Trinajstić information content (AvgIpc) is 3.15. The van der Waals surface area contributed by atoms with E-state index in [4.69, 9.17) is 0 Å². The number of aromatic nitrogens is 4. The molecule has 0 aliphatic rings. The van der Waals surface area contributed by atoms with Crippen LogP contribution in [0.3, 0.4) is 0 Å². The molecule has 0 radical (unpaired) electrons. The predicted molar refractivity (Wildman–Crippen MR) is 106 cm³/mol. The SMILES string of the molecule is CCCNC(=O)c1ccccc1NC(=O)CCc1c(C)nc2ncnn2c1C. The monoisotopic (exact) mass is 380 g/mol. The third kappa shape index (κ3) is 4.16. The summed E-state index contributed by atoms with van der Waals surface area (Å²) in [5.41, 5.74) is 3.71. The molecule has 1 aromatic carbocycles. The number of hydrogen-bond acceptors (Lipinski definition) is 5. The van der Waals surface area contributed by atoms with Gasteiger partial charge in [-0.2, -0.15) is 10.1 Å². The zero-order chi connectivity index (χ0) is 20.1. The second-order valence-corrected chi connectivity index (χ2v) is 6.58. The molecule has 0 atom stereocenters. The predicted octanol–water partition coefficient (Wildman–Crippen LogP) is 2.45. The summed E-state index contributed by atoms with van der Waals surface area (Å²) in [6.45, 7) is 6.43. The van der Waals surface area contributed by atoms with E-state index in [9.17, 15) is 9.59 Å². The zero-order valence-electron chi connectivity index (χ0n) is 16.3. The van der Waals surface area contributed by atoms with Gasteiger partial charge in [-0.3, -0.25) is 9.59 Å². The molecule has 2 heterocycles. The molecule has 3 aromatic rings. The van der Waals surface area contributed by atoms with Gasteiger partial charge in [-0.1, -0.05) is 19.1 Å². The van der Waals surface area contributed by atoms with E-state index < -0.39 is 0 Å². The fourth-order valence-electron chi connectivity index (χ4n) is 3.09. The van der Waals surface area contributed by atoms with Gasteiger partial charge in [0.25, 0.3) is 11.7 Å². The van der Waals surface area contributed by atoms with Gasteiger partial charge in [0, 0.05) is 24.4 Å². The van der Waals surface area contributed by atoms with E-state index in [1.807, 2.05) is 20.8 Å². The topological polar surface area (TPSA) is 101 Å². The fraction of sp³-hybridized carbons (Fsp3) is 0.350. The van der Waals surface area contributed by atoms with Crippen molar-refractivity contribution in [1.82, 2.24) is 24.9 Å². The first-order chi connectivity index (χ1) is 13.5. The highest BCUT2D eigenvalue weighted by molar-refractivity contribution is 6.03. The first-order valence-corrected chi connectivity index (χ1v) is 9.34. The minimum atomic E-state index is -0.190. The van der Waals surface area contributed by atoms with Crippen LogP contribution in [0.4, 0.5) is 5.69 Å². The molecule has 0 unspecified atom stereocenters. The molecule has 2 aromatic heterocycles. The molecule has 2 amide bonds. The number of nitrogens with one attached hydrogen (secondary N) is 2. The molecule has 0 aliphatic heterocycles. The highest BCUT2D eigenvalue weighted by Crippen LogP contribution is 2.18. The summed E-state index contributed by atoms with van der Waals surface area (Å²) < 4.78 is 1.67. The second kappa shape index (κ2) is 8.60. The quantitative estimate of drug-likeness (QED) is 0.656. The number of nitrogens with zero attached hydrogens (tertiary/aromatic N) is 4. The van der Waals surface area contributed by atoms with Crippen molar-refractivity contribution in [2.45, 2.75) is 40.0 Å². The maximum absolute atomic E-state index is 12.5. The molecule has 2 N–H and O–H groups in total. The van der Waals surface area contributed by atoms with Gasteiger partial charge in [-0.25, -0.2) is 9.50 Å². The molecule has 8 nitrogen and oxygen atoms in total. The number of benzene rings is 1. The van der Waals surface area contributed by atoms with Crippen LogP contribution in [0, 0.1) is 13.8 Å². The van der Waals surface area contributed by atoms with Crippen LogP contribution in [-0.4, -0.2) is 37.9 Å². The van der Waals surface area contributed by atoms with Crippen LogP contribution in [0.5, 0.6) is 0 Å². The molecular weight excluding hydrogens is 356 g/mol. The largest absolute Gasteiger partial charge is 0.352 e. The lowest BCUT2D eigenvalue weighted by Crippen LogP contribution is -2.25. The van der Waals surface area contributed by atoms with Crippen LogP contribution in [0.15, 0.2) is 30.6 Å². The summed E-state index contributed by atoms with van der Waals surface area (Å²) in [4.78, 5) is 33.3. The number of para-hydroxylation sites is 1. The summed E-state index contributed by atoms with van der Waals surface area (Å²) in [6.07, 6.45) is 3.11. The molecule has 0 bridgehead atoms. The maximum Gasteiger partial charge on any atom is 0.253 e. The van der Waals surface area contributed by atoms with Crippen LogP contribution in [-0.2, 0) is 11.2 Å². The number of hydrogen-bond donors (Lipinski definition) is 2.